The fourth-order valence-electron chi connectivity index (χ4n) is 2.34. The van der Waals surface area contributed by atoms with Crippen molar-refractivity contribution in [1.29, 1.82) is 0 Å². The zero-order valence-electron chi connectivity index (χ0n) is 12.6. The SMILES string of the molecule is Cc1ccnc2nc(C(=O)Nc3cc4c(cc3Br)OCCO4)nn12. The van der Waals surface area contributed by atoms with Crippen LogP contribution in [-0.4, -0.2) is 38.7 Å². The fourth-order valence-corrected chi connectivity index (χ4v) is 2.76. The first-order valence-corrected chi connectivity index (χ1v) is 8.00. The van der Waals surface area contributed by atoms with Crippen LogP contribution in [0.5, 0.6) is 11.5 Å². The number of aromatic nitrogens is 4. The van der Waals surface area contributed by atoms with E-state index in [0.717, 1.165) is 5.69 Å². The molecule has 3 aromatic rings. The van der Waals surface area contributed by atoms with Gasteiger partial charge in [0.25, 0.3) is 11.7 Å². The molecule has 1 amide bonds. The molecule has 3 heterocycles. The van der Waals surface area contributed by atoms with E-state index in [9.17, 15) is 4.79 Å². The topological polar surface area (TPSA) is 90.6 Å². The number of aryl methyl sites for hydroxylation is 1. The molecule has 1 aromatic carbocycles. The number of amides is 1. The van der Waals surface area contributed by atoms with Crippen LogP contribution in [0.1, 0.15) is 16.3 Å². The van der Waals surface area contributed by atoms with E-state index in [0.29, 0.717) is 40.7 Å². The summed E-state index contributed by atoms with van der Waals surface area (Å²) in [4.78, 5) is 20.7. The molecule has 0 bridgehead atoms. The molecule has 4 rings (SSSR count). The summed E-state index contributed by atoms with van der Waals surface area (Å²) in [5.41, 5.74) is 1.39. The number of rotatable bonds is 2. The Hall–Kier alpha value is -2.68. The van der Waals surface area contributed by atoms with Gasteiger partial charge < -0.3 is 14.8 Å². The van der Waals surface area contributed by atoms with E-state index in [1.807, 2.05) is 6.92 Å². The van der Waals surface area contributed by atoms with Crippen molar-refractivity contribution in [1.82, 2.24) is 19.6 Å². The third-order valence-corrected chi connectivity index (χ3v) is 4.17. The van der Waals surface area contributed by atoms with Crippen LogP contribution in [-0.2, 0) is 0 Å². The van der Waals surface area contributed by atoms with E-state index in [1.165, 1.54) is 4.52 Å². The summed E-state index contributed by atoms with van der Waals surface area (Å²) in [5, 5.41) is 6.95. The molecule has 122 valence electrons. The first kappa shape index (κ1) is 14.9. The highest BCUT2D eigenvalue weighted by molar-refractivity contribution is 9.10. The minimum atomic E-state index is -0.433. The van der Waals surface area contributed by atoms with Crippen LogP contribution >= 0.6 is 15.9 Å². The Morgan fingerprint density at radius 2 is 2.04 bits per heavy atom. The summed E-state index contributed by atoms with van der Waals surface area (Å²) in [6.45, 7) is 2.84. The zero-order valence-corrected chi connectivity index (χ0v) is 14.2. The van der Waals surface area contributed by atoms with Crippen molar-refractivity contribution in [2.75, 3.05) is 18.5 Å². The van der Waals surface area contributed by atoms with Gasteiger partial charge in [-0.15, -0.1) is 5.10 Å². The van der Waals surface area contributed by atoms with E-state index in [4.69, 9.17) is 9.47 Å². The van der Waals surface area contributed by atoms with Crippen LogP contribution in [0.15, 0.2) is 28.9 Å². The number of fused-ring (bicyclic) bond motifs is 2. The third-order valence-electron chi connectivity index (χ3n) is 3.51. The van der Waals surface area contributed by atoms with Gasteiger partial charge in [-0.05, 0) is 28.9 Å². The second kappa shape index (κ2) is 5.75. The van der Waals surface area contributed by atoms with Crippen molar-refractivity contribution in [3.8, 4) is 11.5 Å². The quantitative estimate of drug-likeness (QED) is 0.722. The lowest BCUT2D eigenvalue weighted by molar-refractivity contribution is 0.101. The number of ether oxygens (including phenoxy) is 2. The van der Waals surface area contributed by atoms with Gasteiger partial charge in [-0.25, -0.2) is 9.50 Å². The van der Waals surface area contributed by atoms with Crippen LogP contribution < -0.4 is 14.8 Å². The van der Waals surface area contributed by atoms with Crippen LogP contribution in [0.25, 0.3) is 5.78 Å². The van der Waals surface area contributed by atoms with Gasteiger partial charge >= 0.3 is 0 Å². The molecule has 0 saturated carbocycles. The van der Waals surface area contributed by atoms with Crippen LogP contribution in [0.2, 0.25) is 0 Å². The first-order valence-electron chi connectivity index (χ1n) is 7.21. The van der Waals surface area contributed by atoms with E-state index < -0.39 is 5.91 Å². The molecule has 0 atom stereocenters. The number of hydrogen-bond acceptors (Lipinski definition) is 6. The molecule has 0 spiro atoms. The van der Waals surface area contributed by atoms with Crippen LogP contribution in [0.3, 0.4) is 0 Å². The van der Waals surface area contributed by atoms with Crippen molar-refractivity contribution < 1.29 is 14.3 Å². The summed E-state index contributed by atoms with van der Waals surface area (Å²) in [5.74, 6) is 1.20. The van der Waals surface area contributed by atoms with Gasteiger partial charge in [0.05, 0.1) is 5.69 Å². The van der Waals surface area contributed by atoms with Gasteiger partial charge in [0.15, 0.2) is 11.5 Å². The van der Waals surface area contributed by atoms with E-state index in [2.05, 4.69) is 36.3 Å². The average molecular weight is 390 g/mol. The summed E-state index contributed by atoms with van der Waals surface area (Å²) < 4.78 is 13.2. The Balaban J connectivity index is 1.64. The average Bonchev–Trinajstić information content (AvgIpc) is 3.01. The summed E-state index contributed by atoms with van der Waals surface area (Å²) in [6, 6.07) is 5.25. The molecule has 9 heteroatoms. The lowest BCUT2D eigenvalue weighted by Gasteiger charge is -2.19. The Morgan fingerprint density at radius 3 is 2.79 bits per heavy atom. The molecule has 0 saturated heterocycles. The lowest BCUT2D eigenvalue weighted by Crippen LogP contribution is -2.17. The molecule has 0 unspecified atom stereocenters. The zero-order chi connectivity index (χ0) is 16.7. The largest absolute Gasteiger partial charge is 0.486 e. The van der Waals surface area contributed by atoms with E-state index >= 15 is 0 Å². The molecule has 1 N–H and O–H groups in total. The number of benzene rings is 1. The van der Waals surface area contributed by atoms with Crippen LogP contribution in [0.4, 0.5) is 5.69 Å². The second-order valence-electron chi connectivity index (χ2n) is 5.16. The standard InChI is InChI=1S/C15H12BrN5O3/c1-8-2-3-17-15-19-13(20-21(8)15)14(22)18-10-7-12-11(6-9(10)16)23-4-5-24-12/h2-3,6-7H,4-5H2,1H3,(H,18,22). The molecule has 0 radical (unpaired) electrons. The Labute approximate surface area is 144 Å². The number of nitrogens with one attached hydrogen (secondary N) is 1. The van der Waals surface area contributed by atoms with E-state index in [1.54, 1.807) is 24.4 Å². The minimum absolute atomic E-state index is 0.0404. The van der Waals surface area contributed by atoms with Crippen molar-refractivity contribution in [3.05, 3.63) is 40.4 Å². The highest BCUT2D eigenvalue weighted by atomic mass is 79.9. The molecule has 1 aliphatic heterocycles. The maximum Gasteiger partial charge on any atom is 0.295 e. The number of anilines is 1. The molecule has 2 aromatic heterocycles. The predicted molar refractivity (Wildman–Crippen MR) is 88.6 cm³/mol. The lowest BCUT2D eigenvalue weighted by atomic mass is 10.2. The second-order valence-corrected chi connectivity index (χ2v) is 6.02. The third kappa shape index (κ3) is 2.56. The molecule has 0 fully saturated rings. The molecular weight excluding hydrogens is 378 g/mol. The van der Waals surface area contributed by atoms with Gasteiger partial charge in [-0.1, -0.05) is 0 Å². The van der Waals surface area contributed by atoms with Gasteiger partial charge in [-0.3, -0.25) is 4.79 Å². The fraction of sp³-hybridized carbons (Fsp3) is 0.200. The summed E-state index contributed by atoms with van der Waals surface area (Å²) in [6.07, 6.45) is 1.62. The normalized spacial score (nSPS) is 13.1. The molecular formula is C15H12BrN5O3. The monoisotopic (exact) mass is 389 g/mol. The minimum Gasteiger partial charge on any atom is -0.486 e. The molecule has 0 aliphatic carbocycles. The smallest absolute Gasteiger partial charge is 0.295 e. The summed E-state index contributed by atoms with van der Waals surface area (Å²) >= 11 is 3.41. The maximum absolute atomic E-state index is 12.4. The van der Waals surface area contributed by atoms with Gasteiger partial charge in [-0.2, -0.15) is 4.98 Å². The van der Waals surface area contributed by atoms with Gasteiger partial charge in [0, 0.05) is 28.5 Å². The first-order chi connectivity index (χ1) is 11.6. The number of nitrogens with zero attached hydrogens (tertiary/aromatic N) is 4. The molecule has 1 aliphatic rings. The Bertz CT molecular complexity index is 956. The van der Waals surface area contributed by atoms with Crippen molar-refractivity contribution >= 4 is 33.3 Å². The van der Waals surface area contributed by atoms with Crippen molar-refractivity contribution in [2.24, 2.45) is 0 Å². The highest BCUT2D eigenvalue weighted by Gasteiger charge is 2.19. The maximum atomic E-state index is 12.4. The van der Waals surface area contributed by atoms with Crippen LogP contribution in [0, 0.1) is 6.92 Å². The van der Waals surface area contributed by atoms with Crippen molar-refractivity contribution in [2.45, 2.75) is 6.92 Å². The Morgan fingerprint density at radius 1 is 1.29 bits per heavy atom. The number of halogens is 1. The molecule has 8 nitrogen and oxygen atoms in total. The number of carbonyl (C=O) groups excluding carboxylic acids is 1. The Kier molecular flexibility index (Phi) is 3.57. The molecule has 24 heavy (non-hydrogen) atoms. The number of carbonyl (C=O) groups is 1. The summed E-state index contributed by atoms with van der Waals surface area (Å²) in [7, 11) is 0. The number of hydrogen-bond donors (Lipinski definition) is 1. The van der Waals surface area contributed by atoms with Gasteiger partial charge in [0.2, 0.25) is 5.82 Å². The predicted octanol–water partition coefficient (Wildman–Crippen LogP) is 2.22. The van der Waals surface area contributed by atoms with Crippen molar-refractivity contribution in [3.63, 3.8) is 0 Å². The van der Waals surface area contributed by atoms with Gasteiger partial charge in [0.1, 0.15) is 13.2 Å². The highest BCUT2D eigenvalue weighted by Crippen LogP contribution is 2.38. The van der Waals surface area contributed by atoms with E-state index in [-0.39, 0.29) is 5.82 Å².